The standard InChI is InChI=1S/C16H19N5O2/c1-3-21-15(8-13(10-22)19-21)16-18-17-11-20(16)9-12-4-6-14(23-2)7-5-12/h4-8,11,22H,3,9-10H2,1-2H3. The highest BCUT2D eigenvalue weighted by Gasteiger charge is 2.15. The first-order valence-corrected chi connectivity index (χ1v) is 7.43. The topological polar surface area (TPSA) is 78.0 Å². The zero-order chi connectivity index (χ0) is 16.2. The number of aliphatic hydroxyl groups is 1. The van der Waals surface area contributed by atoms with Gasteiger partial charge in [0.05, 0.1) is 26.0 Å². The van der Waals surface area contributed by atoms with Gasteiger partial charge in [0.1, 0.15) is 17.8 Å². The molecule has 2 aromatic heterocycles. The van der Waals surface area contributed by atoms with Crippen LogP contribution in [-0.4, -0.2) is 36.8 Å². The molecule has 0 radical (unpaired) electrons. The largest absolute Gasteiger partial charge is 0.497 e. The van der Waals surface area contributed by atoms with Crippen LogP contribution in [0.15, 0.2) is 36.7 Å². The van der Waals surface area contributed by atoms with Gasteiger partial charge in [0, 0.05) is 6.54 Å². The smallest absolute Gasteiger partial charge is 0.182 e. The van der Waals surface area contributed by atoms with E-state index in [1.54, 1.807) is 13.4 Å². The van der Waals surface area contributed by atoms with E-state index in [9.17, 15) is 5.11 Å². The molecule has 3 aromatic rings. The van der Waals surface area contributed by atoms with Crippen molar-refractivity contribution in [2.75, 3.05) is 7.11 Å². The van der Waals surface area contributed by atoms with Crippen LogP contribution in [0.3, 0.4) is 0 Å². The highest BCUT2D eigenvalue weighted by Crippen LogP contribution is 2.20. The highest BCUT2D eigenvalue weighted by atomic mass is 16.5. The summed E-state index contributed by atoms with van der Waals surface area (Å²) < 4.78 is 8.96. The summed E-state index contributed by atoms with van der Waals surface area (Å²) in [7, 11) is 1.65. The van der Waals surface area contributed by atoms with Crippen molar-refractivity contribution in [1.82, 2.24) is 24.5 Å². The number of rotatable bonds is 6. The molecule has 2 heterocycles. The van der Waals surface area contributed by atoms with E-state index in [0.717, 1.165) is 22.8 Å². The van der Waals surface area contributed by atoms with E-state index >= 15 is 0 Å². The number of hydrogen-bond acceptors (Lipinski definition) is 5. The zero-order valence-corrected chi connectivity index (χ0v) is 13.2. The van der Waals surface area contributed by atoms with Crippen LogP contribution >= 0.6 is 0 Å². The average Bonchev–Trinajstić information content (AvgIpc) is 3.21. The van der Waals surface area contributed by atoms with Crippen molar-refractivity contribution in [3.63, 3.8) is 0 Å². The Kier molecular flexibility index (Phi) is 4.38. The van der Waals surface area contributed by atoms with E-state index in [1.165, 1.54) is 0 Å². The minimum Gasteiger partial charge on any atom is -0.497 e. The van der Waals surface area contributed by atoms with Crippen molar-refractivity contribution in [2.45, 2.75) is 26.6 Å². The molecule has 120 valence electrons. The fraction of sp³-hybridized carbons (Fsp3) is 0.312. The Morgan fingerprint density at radius 3 is 2.65 bits per heavy atom. The van der Waals surface area contributed by atoms with Crippen LogP contribution in [0.1, 0.15) is 18.2 Å². The van der Waals surface area contributed by atoms with Crippen molar-refractivity contribution in [2.24, 2.45) is 0 Å². The molecule has 7 heteroatoms. The highest BCUT2D eigenvalue weighted by molar-refractivity contribution is 5.50. The summed E-state index contributed by atoms with van der Waals surface area (Å²) >= 11 is 0. The lowest BCUT2D eigenvalue weighted by atomic mass is 10.2. The SMILES string of the molecule is CCn1nc(CO)cc1-c1nncn1Cc1ccc(OC)cc1. The number of aryl methyl sites for hydroxylation is 1. The molecule has 0 atom stereocenters. The van der Waals surface area contributed by atoms with Crippen molar-refractivity contribution in [3.8, 4) is 17.3 Å². The second-order valence-electron chi connectivity index (χ2n) is 5.13. The molecule has 0 saturated carbocycles. The van der Waals surface area contributed by atoms with Gasteiger partial charge in [-0.2, -0.15) is 5.10 Å². The second-order valence-corrected chi connectivity index (χ2v) is 5.13. The number of benzene rings is 1. The molecule has 0 aliphatic carbocycles. The summed E-state index contributed by atoms with van der Waals surface area (Å²) in [6.45, 7) is 3.26. The van der Waals surface area contributed by atoms with Gasteiger partial charge in [0.2, 0.25) is 0 Å². The van der Waals surface area contributed by atoms with Crippen molar-refractivity contribution in [3.05, 3.63) is 47.9 Å². The Morgan fingerprint density at radius 1 is 1.22 bits per heavy atom. The zero-order valence-electron chi connectivity index (χ0n) is 13.2. The molecule has 23 heavy (non-hydrogen) atoms. The lowest BCUT2D eigenvalue weighted by Gasteiger charge is -2.08. The van der Waals surface area contributed by atoms with Crippen LogP contribution in [0.25, 0.3) is 11.5 Å². The quantitative estimate of drug-likeness (QED) is 0.749. The van der Waals surface area contributed by atoms with Crippen LogP contribution < -0.4 is 4.74 Å². The Hall–Kier alpha value is -2.67. The van der Waals surface area contributed by atoms with Gasteiger partial charge in [0.15, 0.2) is 5.82 Å². The van der Waals surface area contributed by atoms with Gasteiger partial charge in [-0.3, -0.25) is 4.68 Å². The Balaban J connectivity index is 1.91. The molecule has 0 spiro atoms. The molecule has 0 saturated heterocycles. The van der Waals surface area contributed by atoms with Gasteiger partial charge in [0.25, 0.3) is 0 Å². The van der Waals surface area contributed by atoms with Crippen LogP contribution in [0.4, 0.5) is 0 Å². The molecule has 7 nitrogen and oxygen atoms in total. The molecule has 0 aliphatic rings. The molecule has 3 rings (SSSR count). The monoisotopic (exact) mass is 313 g/mol. The Morgan fingerprint density at radius 2 is 2.00 bits per heavy atom. The fourth-order valence-electron chi connectivity index (χ4n) is 2.47. The number of nitrogens with zero attached hydrogens (tertiary/aromatic N) is 5. The minimum absolute atomic E-state index is 0.0907. The lowest BCUT2D eigenvalue weighted by molar-refractivity contribution is 0.275. The third-order valence-corrected chi connectivity index (χ3v) is 3.65. The first-order chi connectivity index (χ1) is 11.2. The molecule has 0 fully saturated rings. The Labute approximate surface area is 134 Å². The summed E-state index contributed by atoms with van der Waals surface area (Å²) in [5.74, 6) is 1.56. The molecule has 1 N–H and O–H groups in total. The summed E-state index contributed by atoms with van der Waals surface area (Å²) in [6, 6.07) is 9.73. The summed E-state index contributed by atoms with van der Waals surface area (Å²) in [5.41, 5.74) is 2.60. The summed E-state index contributed by atoms with van der Waals surface area (Å²) in [5, 5.41) is 21.9. The normalized spacial score (nSPS) is 10.9. The average molecular weight is 313 g/mol. The molecule has 0 bridgehead atoms. The maximum Gasteiger partial charge on any atom is 0.182 e. The van der Waals surface area contributed by atoms with Crippen LogP contribution in [0.2, 0.25) is 0 Å². The number of hydrogen-bond donors (Lipinski definition) is 1. The van der Waals surface area contributed by atoms with Crippen molar-refractivity contribution >= 4 is 0 Å². The van der Waals surface area contributed by atoms with Crippen molar-refractivity contribution < 1.29 is 9.84 Å². The lowest BCUT2D eigenvalue weighted by Crippen LogP contribution is -2.06. The van der Waals surface area contributed by atoms with E-state index in [2.05, 4.69) is 15.3 Å². The van der Waals surface area contributed by atoms with Gasteiger partial charge < -0.3 is 14.4 Å². The molecular formula is C16H19N5O2. The summed E-state index contributed by atoms with van der Waals surface area (Å²) in [4.78, 5) is 0. The van der Waals surface area contributed by atoms with Crippen molar-refractivity contribution in [1.29, 1.82) is 0 Å². The molecule has 0 aliphatic heterocycles. The van der Waals surface area contributed by atoms with E-state index in [1.807, 2.05) is 46.5 Å². The first kappa shape index (κ1) is 15.2. The van der Waals surface area contributed by atoms with Gasteiger partial charge in [-0.05, 0) is 30.7 Å². The van der Waals surface area contributed by atoms with Gasteiger partial charge in [-0.15, -0.1) is 10.2 Å². The number of ether oxygens (including phenoxy) is 1. The predicted molar refractivity (Wildman–Crippen MR) is 84.9 cm³/mol. The number of aliphatic hydroxyl groups excluding tert-OH is 1. The maximum absolute atomic E-state index is 9.29. The van der Waals surface area contributed by atoms with Crippen LogP contribution in [-0.2, 0) is 19.7 Å². The number of methoxy groups -OCH3 is 1. The molecule has 0 unspecified atom stereocenters. The minimum atomic E-state index is -0.0907. The van der Waals surface area contributed by atoms with Gasteiger partial charge in [-0.25, -0.2) is 0 Å². The third-order valence-electron chi connectivity index (χ3n) is 3.65. The second kappa shape index (κ2) is 6.62. The summed E-state index contributed by atoms with van der Waals surface area (Å²) in [6.07, 6.45) is 1.70. The molecule has 1 aromatic carbocycles. The van der Waals surface area contributed by atoms with Gasteiger partial charge in [-0.1, -0.05) is 12.1 Å². The van der Waals surface area contributed by atoms with Gasteiger partial charge >= 0.3 is 0 Å². The molecular weight excluding hydrogens is 294 g/mol. The third kappa shape index (κ3) is 3.09. The maximum atomic E-state index is 9.29. The van der Waals surface area contributed by atoms with E-state index in [0.29, 0.717) is 18.8 Å². The van der Waals surface area contributed by atoms with E-state index in [4.69, 9.17) is 4.74 Å². The molecule has 0 amide bonds. The number of aromatic nitrogens is 5. The predicted octanol–water partition coefficient (Wildman–Crippen LogP) is 1.71. The van der Waals surface area contributed by atoms with Crippen LogP contribution in [0, 0.1) is 0 Å². The fourth-order valence-corrected chi connectivity index (χ4v) is 2.47. The van der Waals surface area contributed by atoms with Crippen LogP contribution in [0.5, 0.6) is 5.75 Å². The first-order valence-electron chi connectivity index (χ1n) is 7.43. The Bertz CT molecular complexity index is 776. The van der Waals surface area contributed by atoms with E-state index < -0.39 is 0 Å². The van der Waals surface area contributed by atoms with E-state index in [-0.39, 0.29) is 6.61 Å².